The standard InChI is InChI=1S/C20H37NO7/c1-2-3-4-5-6-7-8-9-10-11-20(25)28-15-14-26-13-12-21-18(22)16-27-17-19(23)24/h2-17H2,1H3,(H,21,22)(H,23,24). The number of amides is 1. The Balaban J connectivity index is 3.28. The molecule has 8 nitrogen and oxygen atoms in total. The van der Waals surface area contributed by atoms with Crippen LogP contribution in [0.15, 0.2) is 0 Å². The molecular formula is C20H37NO7. The van der Waals surface area contributed by atoms with Gasteiger partial charge in [-0.05, 0) is 6.42 Å². The van der Waals surface area contributed by atoms with Crippen molar-refractivity contribution >= 4 is 17.8 Å². The molecule has 0 atom stereocenters. The van der Waals surface area contributed by atoms with Crippen LogP contribution in [0.2, 0.25) is 0 Å². The largest absolute Gasteiger partial charge is 0.480 e. The molecule has 0 aliphatic heterocycles. The first-order chi connectivity index (χ1) is 13.6. The van der Waals surface area contributed by atoms with Crippen LogP contribution in [-0.2, 0) is 28.6 Å². The van der Waals surface area contributed by atoms with Gasteiger partial charge in [-0.1, -0.05) is 58.3 Å². The van der Waals surface area contributed by atoms with Crippen LogP contribution in [0.25, 0.3) is 0 Å². The number of carboxylic acid groups (broad SMARTS) is 1. The monoisotopic (exact) mass is 403 g/mol. The number of rotatable bonds is 20. The lowest BCUT2D eigenvalue weighted by molar-refractivity contribution is -0.145. The van der Waals surface area contributed by atoms with Crippen LogP contribution in [0.3, 0.4) is 0 Å². The molecule has 0 fully saturated rings. The van der Waals surface area contributed by atoms with E-state index in [-0.39, 0.29) is 38.9 Å². The Morgan fingerprint density at radius 2 is 1.43 bits per heavy atom. The van der Waals surface area contributed by atoms with Gasteiger partial charge in [0.15, 0.2) is 0 Å². The van der Waals surface area contributed by atoms with E-state index in [1.165, 1.54) is 44.9 Å². The van der Waals surface area contributed by atoms with E-state index in [0.29, 0.717) is 6.42 Å². The number of hydrogen-bond donors (Lipinski definition) is 2. The van der Waals surface area contributed by atoms with Gasteiger partial charge in [0.25, 0.3) is 0 Å². The van der Waals surface area contributed by atoms with Gasteiger partial charge < -0.3 is 24.6 Å². The molecule has 0 spiro atoms. The second-order valence-corrected chi connectivity index (χ2v) is 6.65. The summed E-state index contributed by atoms with van der Waals surface area (Å²) >= 11 is 0. The molecule has 0 rings (SSSR count). The topological polar surface area (TPSA) is 111 Å². The molecule has 0 bridgehead atoms. The van der Waals surface area contributed by atoms with Gasteiger partial charge in [-0.15, -0.1) is 0 Å². The molecule has 28 heavy (non-hydrogen) atoms. The van der Waals surface area contributed by atoms with Crippen LogP contribution in [0.4, 0.5) is 0 Å². The van der Waals surface area contributed by atoms with Crippen molar-refractivity contribution in [2.24, 2.45) is 0 Å². The van der Waals surface area contributed by atoms with Gasteiger partial charge in [0, 0.05) is 13.0 Å². The third-order valence-electron chi connectivity index (χ3n) is 4.00. The third kappa shape index (κ3) is 20.6. The average Bonchev–Trinajstić information content (AvgIpc) is 2.65. The van der Waals surface area contributed by atoms with E-state index in [4.69, 9.17) is 14.6 Å². The third-order valence-corrected chi connectivity index (χ3v) is 4.00. The molecule has 0 radical (unpaired) electrons. The molecule has 2 N–H and O–H groups in total. The lowest BCUT2D eigenvalue weighted by Gasteiger charge is -2.07. The lowest BCUT2D eigenvalue weighted by Crippen LogP contribution is -2.31. The maximum absolute atomic E-state index is 11.6. The Bertz CT molecular complexity index is 415. The number of carbonyl (C=O) groups is 3. The Labute approximate surface area is 168 Å². The van der Waals surface area contributed by atoms with Gasteiger partial charge >= 0.3 is 11.9 Å². The molecule has 8 heteroatoms. The molecule has 0 aromatic carbocycles. The minimum Gasteiger partial charge on any atom is -0.480 e. The summed E-state index contributed by atoms with van der Waals surface area (Å²) < 4.78 is 15.0. The van der Waals surface area contributed by atoms with Gasteiger partial charge in [0.05, 0.1) is 13.2 Å². The maximum atomic E-state index is 11.6. The number of hydrogen-bond acceptors (Lipinski definition) is 6. The van der Waals surface area contributed by atoms with Crippen molar-refractivity contribution in [1.82, 2.24) is 5.32 Å². The Kier molecular flexibility index (Phi) is 18.9. The van der Waals surface area contributed by atoms with E-state index in [9.17, 15) is 14.4 Å². The van der Waals surface area contributed by atoms with Crippen LogP contribution in [0.5, 0.6) is 0 Å². The van der Waals surface area contributed by atoms with Gasteiger partial charge in [-0.3, -0.25) is 9.59 Å². The molecule has 0 saturated carbocycles. The first kappa shape index (κ1) is 26.3. The Morgan fingerprint density at radius 3 is 2.07 bits per heavy atom. The fourth-order valence-corrected chi connectivity index (χ4v) is 2.51. The number of nitrogens with one attached hydrogen (secondary N) is 1. The normalized spacial score (nSPS) is 10.6. The smallest absolute Gasteiger partial charge is 0.329 e. The van der Waals surface area contributed by atoms with Crippen molar-refractivity contribution in [2.75, 3.05) is 39.6 Å². The molecular weight excluding hydrogens is 366 g/mol. The fourth-order valence-electron chi connectivity index (χ4n) is 2.51. The summed E-state index contributed by atoms with van der Waals surface area (Å²) in [5, 5.41) is 10.9. The summed E-state index contributed by atoms with van der Waals surface area (Å²) in [5.74, 6) is -1.73. The van der Waals surface area contributed by atoms with Gasteiger partial charge in [-0.2, -0.15) is 0 Å². The second kappa shape index (κ2) is 20.1. The zero-order valence-electron chi connectivity index (χ0n) is 17.2. The summed E-state index contributed by atoms with van der Waals surface area (Å²) in [6.07, 6.45) is 11.3. The number of esters is 1. The minimum atomic E-state index is -1.12. The highest BCUT2D eigenvalue weighted by Crippen LogP contribution is 2.10. The highest BCUT2D eigenvalue weighted by atomic mass is 16.6. The maximum Gasteiger partial charge on any atom is 0.329 e. The first-order valence-electron chi connectivity index (χ1n) is 10.4. The molecule has 0 aliphatic rings. The SMILES string of the molecule is CCCCCCCCCCCC(=O)OCCOCCNC(=O)COCC(=O)O. The molecule has 0 heterocycles. The van der Waals surface area contributed by atoms with Gasteiger partial charge in [0.2, 0.25) is 5.91 Å². The molecule has 0 aliphatic carbocycles. The van der Waals surface area contributed by atoms with E-state index in [0.717, 1.165) is 12.8 Å². The fraction of sp³-hybridized carbons (Fsp3) is 0.850. The zero-order valence-corrected chi connectivity index (χ0v) is 17.2. The molecule has 164 valence electrons. The van der Waals surface area contributed by atoms with Crippen molar-refractivity contribution in [1.29, 1.82) is 0 Å². The van der Waals surface area contributed by atoms with Crippen molar-refractivity contribution in [2.45, 2.75) is 71.1 Å². The number of ether oxygens (including phenoxy) is 3. The number of aliphatic carboxylic acids is 1. The summed E-state index contributed by atoms with van der Waals surface area (Å²) in [6.45, 7) is 2.44. The second-order valence-electron chi connectivity index (χ2n) is 6.65. The summed E-state index contributed by atoms with van der Waals surface area (Å²) in [6, 6.07) is 0. The van der Waals surface area contributed by atoms with Crippen LogP contribution in [-0.4, -0.2) is 62.5 Å². The highest BCUT2D eigenvalue weighted by Gasteiger charge is 2.04. The number of carbonyl (C=O) groups excluding carboxylic acids is 2. The highest BCUT2D eigenvalue weighted by molar-refractivity contribution is 5.77. The van der Waals surface area contributed by atoms with Crippen LogP contribution >= 0.6 is 0 Å². The van der Waals surface area contributed by atoms with Crippen molar-refractivity contribution in [3.63, 3.8) is 0 Å². The Morgan fingerprint density at radius 1 is 0.786 bits per heavy atom. The van der Waals surface area contributed by atoms with Crippen LogP contribution in [0, 0.1) is 0 Å². The summed E-state index contributed by atoms with van der Waals surface area (Å²) in [4.78, 5) is 33.1. The van der Waals surface area contributed by atoms with Crippen molar-refractivity contribution in [3.8, 4) is 0 Å². The summed E-state index contributed by atoms with van der Waals surface area (Å²) in [7, 11) is 0. The average molecular weight is 404 g/mol. The van der Waals surface area contributed by atoms with E-state index in [1.807, 2.05) is 0 Å². The Hall–Kier alpha value is -1.67. The summed E-state index contributed by atoms with van der Waals surface area (Å²) in [5.41, 5.74) is 0. The van der Waals surface area contributed by atoms with Crippen molar-refractivity contribution in [3.05, 3.63) is 0 Å². The van der Waals surface area contributed by atoms with Gasteiger partial charge in [-0.25, -0.2) is 4.79 Å². The van der Waals surface area contributed by atoms with Crippen LogP contribution in [0.1, 0.15) is 71.1 Å². The lowest BCUT2D eigenvalue weighted by atomic mass is 10.1. The van der Waals surface area contributed by atoms with Crippen molar-refractivity contribution < 1.29 is 33.7 Å². The van der Waals surface area contributed by atoms with E-state index >= 15 is 0 Å². The quantitative estimate of drug-likeness (QED) is 0.237. The van der Waals surface area contributed by atoms with E-state index in [2.05, 4.69) is 17.0 Å². The molecule has 1 amide bonds. The van der Waals surface area contributed by atoms with Gasteiger partial charge in [0.1, 0.15) is 19.8 Å². The zero-order chi connectivity index (χ0) is 20.9. The number of carboxylic acids is 1. The van der Waals surface area contributed by atoms with E-state index in [1.54, 1.807) is 0 Å². The molecule has 0 saturated heterocycles. The minimum absolute atomic E-state index is 0.199. The first-order valence-corrected chi connectivity index (χ1v) is 10.4. The molecule has 0 aromatic heterocycles. The van der Waals surface area contributed by atoms with E-state index < -0.39 is 18.5 Å². The van der Waals surface area contributed by atoms with Crippen LogP contribution < -0.4 is 5.32 Å². The number of unbranched alkanes of at least 4 members (excludes halogenated alkanes) is 8. The predicted molar refractivity (Wildman–Crippen MR) is 105 cm³/mol. The predicted octanol–water partition coefficient (Wildman–Crippen LogP) is 2.68. The molecule has 0 unspecified atom stereocenters. The molecule has 0 aromatic rings.